The number of amidine groups is 1. The standard InChI is InChI=1S/C42H79N3O/c1-5-7-9-11-13-15-17-19-21-23-24-26-28-30-32-34-36-41-43-39(3)38-45(41)40(4)44-42(46)37-35-33-31-29-27-25-22-20-18-16-14-12-10-8-6-2/h19-22,39-40H,5-18,23-38H2,1-4H3,(H,44,46)/b21-19-,22-20-. The highest BCUT2D eigenvalue weighted by Gasteiger charge is 2.26. The van der Waals surface area contributed by atoms with Crippen molar-refractivity contribution in [3.8, 4) is 0 Å². The van der Waals surface area contributed by atoms with Crippen LogP contribution < -0.4 is 5.32 Å². The molecule has 1 aliphatic rings. The molecular formula is C42H79N3O. The molecule has 0 bridgehead atoms. The summed E-state index contributed by atoms with van der Waals surface area (Å²) in [5, 5.41) is 3.27. The average Bonchev–Trinajstić information content (AvgIpc) is 3.42. The van der Waals surface area contributed by atoms with E-state index in [1.165, 1.54) is 166 Å². The molecule has 1 rings (SSSR count). The number of allylic oxidation sites excluding steroid dienone is 4. The Morgan fingerprint density at radius 3 is 1.50 bits per heavy atom. The van der Waals surface area contributed by atoms with Gasteiger partial charge in [0, 0.05) is 19.4 Å². The molecule has 1 aliphatic heterocycles. The van der Waals surface area contributed by atoms with Crippen LogP contribution >= 0.6 is 0 Å². The van der Waals surface area contributed by atoms with E-state index in [1.54, 1.807) is 0 Å². The first-order valence-electron chi connectivity index (χ1n) is 20.5. The molecule has 1 N–H and O–H groups in total. The third-order valence-corrected chi connectivity index (χ3v) is 9.58. The molecule has 1 heterocycles. The summed E-state index contributed by atoms with van der Waals surface area (Å²) in [5.74, 6) is 1.40. The van der Waals surface area contributed by atoms with Gasteiger partial charge in [0.05, 0.1) is 12.2 Å². The van der Waals surface area contributed by atoms with Crippen LogP contribution in [-0.4, -0.2) is 35.4 Å². The van der Waals surface area contributed by atoms with Gasteiger partial charge in [-0.2, -0.15) is 0 Å². The Labute approximate surface area is 288 Å². The lowest BCUT2D eigenvalue weighted by Gasteiger charge is -2.29. The zero-order chi connectivity index (χ0) is 33.3. The Bertz CT molecular complexity index is 773. The van der Waals surface area contributed by atoms with Gasteiger partial charge in [-0.15, -0.1) is 0 Å². The zero-order valence-corrected chi connectivity index (χ0v) is 31.5. The molecule has 4 nitrogen and oxygen atoms in total. The Morgan fingerprint density at radius 1 is 0.652 bits per heavy atom. The summed E-state index contributed by atoms with van der Waals surface area (Å²) < 4.78 is 0. The molecular weight excluding hydrogens is 562 g/mol. The Balaban J connectivity index is 2.01. The number of hydrogen-bond acceptors (Lipinski definition) is 3. The lowest BCUT2D eigenvalue weighted by Crippen LogP contribution is -2.48. The van der Waals surface area contributed by atoms with E-state index in [-0.39, 0.29) is 12.1 Å². The van der Waals surface area contributed by atoms with Gasteiger partial charge in [-0.25, -0.2) is 0 Å². The first-order valence-corrected chi connectivity index (χ1v) is 20.5. The van der Waals surface area contributed by atoms with Crippen LogP contribution in [0.5, 0.6) is 0 Å². The van der Waals surface area contributed by atoms with Crippen molar-refractivity contribution in [3.63, 3.8) is 0 Å². The molecule has 46 heavy (non-hydrogen) atoms. The lowest BCUT2D eigenvalue weighted by molar-refractivity contribution is -0.122. The predicted octanol–water partition coefficient (Wildman–Crippen LogP) is 13.0. The third kappa shape index (κ3) is 25.5. The topological polar surface area (TPSA) is 44.7 Å². The average molecular weight is 642 g/mol. The van der Waals surface area contributed by atoms with Crippen molar-refractivity contribution < 1.29 is 4.79 Å². The molecule has 0 saturated carbocycles. The maximum Gasteiger partial charge on any atom is 0.221 e. The largest absolute Gasteiger partial charge is 0.338 e. The Morgan fingerprint density at radius 2 is 1.04 bits per heavy atom. The molecule has 2 unspecified atom stereocenters. The fourth-order valence-electron chi connectivity index (χ4n) is 6.62. The van der Waals surface area contributed by atoms with Crippen LogP contribution in [0, 0.1) is 0 Å². The number of rotatable bonds is 33. The van der Waals surface area contributed by atoms with Crippen LogP contribution in [0.1, 0.15) is 214 Å². The minimum absolute atomic E-state index is 0.0356. The molecule has 0 spiro atoms. The molecule has 0 aromatic heterocycles. The van der Waals surface area contributed by atoms with E-state index in [9.17, 15) is 4.79 Å². The van der Waals surface area contributed by atoms with Crippen molar-refractivity contribution in [2.24, 2.45) is 4.99 Å². The number of aliphatic imine (C=N–C) groups is 1. The number of unbranched alkanes of at least 4 members (excludes halogenated alkanes) is 23. The van der Waals surface area contributed by atoms with E-state index < -0.39 is 0 Å². The molecule has 0 aromatic rings. The van der Waals surface area contributed by atoms with Crippen LogP contribution in [-0.2, 0) is 4.79 Å². The molecule has 268 valence electrons. The SMILES string of the molecule is CCCCCCCC/C=C\CCCCCCCCC1=NC(C)CN1C(C)NC(=O)CCCCCCC/C=C\CCCCCCCC. The van der Waals surface area contributed by atoms with E-state index in [4.69, 9.17) is 4.99 Å². The number of amides is 1. The van der Waals surface area contributed by atoms with Crippen LogP contribution in [0.15, 0.2) is 29.3 Å². The van der Waals surface area contributed by atoms with E-state index in [0.29, 0.717) is 12.5 Å². The van der Waals surface area contributed by atoms with Crippen LogP contribution in [0.3, 0.4) is 0 Å². The van der Waals surface area contributed by atoms with Gasteiger partial charge in [-0.1, -0.05) is 147 Å². The predicted molar refractivity (Wildman–Crippen MR) is 205 cm³/mol. The van der Waals surface area contributed by atoms with Crippen molar-refractivity contribution in [2.75, 3.05) is 6.54 Å². The van der Waals surface area contributed by atoms with E-state index in [0.717, 1.165) is 25.8 Å². The molecule has 2 atom stereocenters. The maximum atomic E-state index is 12.7. The first kappa shape index (κ1) is 42.4. The quantitative estimate of drug-likeness (QED) is 0.0572. The fraction of sp³-hybridized carbons (Fsp3) is 0.857. The second kappa shape index (κ2) is 32.0. The van der Waals surface area contributed by atoms with Gasteiger partial charge in [0.2, 0.25) is 5.91 Å². The van der Waals surface area contributed by atoms with Crippen molar-refractivity contribution in [2.45, 2.75) is 226 Å². The Hall–Kier alpha value is -1.58. The van der Waals surface area contributed by atoms with Gasteiger partial charge in [0.1, 0.15) is 5.84 Å². The van der Waals surface area contributed by atoms with Crippen molar-refractivity contribution in [1.29, 1.82) is 0 Å². The first-order chi connectivity index (χ1) is 22.6. The minimum Gasteiger partial charge on any atom is -0.338 e. The van der Waals surface area contributed by atoms with Gasteiger partial charge in [-0.3, -0.25) is 9.79 Å². The third-order valence-electron chi connectivity index (χ3n) is 9.58. The lowest BCUT2D eigenvalue weighted by atomic mass is 10.1. The summed E-state index contributed by atoms with van der Waals surface area (Å²) in [6.07, 6.45) is 46.7. The molecule has 0 aliphatic carbocycles. The van der Waals surface area contributed by atoms with Crippen LogP contribution in [0.2, 0.25) is 0 Å². The molecule has 1 amide bonds. The second-order valence-corrected chi connectivity index (χ2v) is 14.3. The van der Waals surface area contributed by atoms with Crippen molar-refractivity contribution >= 4 is 11.7 Å². The van der Waals surface area contributed by atoms with Gasteiger partial charge in [-0.05, 0) is 78.1 Å². The highest BCUT2D eigenvalue weighted by atomic mass is 16.1. The van der Waals surface area contributed by atoms with Gasteiger partial charge in [0.25, 0.3) is 0 Å². The monoisotopic (exact) mass is 642 g/mol. The number of nitrogens with zero attached hydrogens (tertiary/aromatic N) is 2. The number of nitrogens with one attached hydrogen (secondary N) is 1. The van der Waals surface area contributed by atoms with E-state index >= 15 is 0 Å². The molecule has 0 saturated heterocycles. The summed E-state index contributed by atoms with van der Waals surface area (Å²) in [4.78, 5) is 19.9. The zero-order valence-electron chi connectivity index (χ0n) is 31.5. The summed E-state index contributed by atoms with van der Waals surface area (Å²) in [6.45, 7) is 9.82. The number of carbonyl (C=O) groups is 1. The van der Waals surface area contributed by atoms with Gasteiger partial charge in [0.15, 0.2) is 0 Å². The fourth-order valence-corrected chi connectivity index (χ4v) is 6.62. The summed E-state index contributed by atoms with van der Waals surface area (Å²) >= 11 is 0. The second-order valence-electron chi connectivity index (χ2n) is 14.3. The maximum absolute atomic E-state index is 12.7. The highest BCUT2D eigenvalue weighted by Crippen LogP contribution is 2.18. The number of carbonyl (C=O) groups excluding carboxylic acids is 1. The molecule has 0 radical (unpaired) electrons. The van der Waals surface area contributed by atoms with E-state index in [1.807, 2.05) is 0 Å². The normalized spacial score (nSPS) is 15.8. The van der Waals surface area contributed by atoms with Crippen LogP contribution in [0.4, 0.5) is 0 Å². The summed E-state index contributed by atoms with van der Waals surface area (Å²) in [5.41, 5.74) is 0. The molecule has 0 fully saturated rings. The van der Waals surface area contributed by atoms with Crippen LogP contribution in [0.25, 0.3) is 0 Å². The highest BCUT2D eigenvalue weighted by molar-refractivity contribution is 5.85. The van der Waals surface area contributed by atoms with Crippen molar-refractivity contribution in [3.05, 3.63) is 24.3 Å². The van der Waals surface area contributed by atoms with E-state index in [2.05, 4.69) is 62.2 Å². The smallest absolute Gasteiger partial charge is 0.221 e. The Kier molecular flexibility index (Phi) is 29.5. The molecule has 4 heteroatoms. The number of hydrogen-bond donors (Lipinski definition) is 1. The summed E-state index contributed by atoms with van der Waals surface area (Å²) in [6, 6.07) is 0.328. The minimum atomic E-state index is 0.0356. The summed E-state index contributed by atoms with van der Waals surface area (Å²) in [7, 11) is 0. The van der Waals surface area contributed by atoms with Crippen molar-refractivity contribution in [1.82, 2.24) is 10.2 Å². The van der Waals surface area contributed by atoms with Gasteiger partial charge < -0.3 is 10.2 Å². The van der Waals surface area contributed by atoms with Gasteiger partial charge >= 0.3 is 0 Å². The molecule has 0 aromatic carbocycles.